The molecule has 1 aromatic heterocycles. The summed E-state index contributed by atoms with van der Waals surface area (Å²) >= 11 is 0. The van der Waals surface area contributed by atoms with Gasteiger partial charge < -0.3 is 9.64 Å². The van der Waals surface area contributed by atoms with Crippen molar-refractivity contribution < 1.29 is 9.53 Å². The lowest BCUT2D eigenvalue weighted by Gasteiger charge is -2.51. The van der Waals surface area contributed by atoms with Gasteiger partial charge in [-0.25, -0.2) is 0 Å². The zero-order valence-corrected chi connectivity index (χ0v) is 15.4. The average Bonchev–Trinajstić information content (AvgIpc) is 3.37. The molecule has 5 heterocycles. The predicted octanol–water partition coefficient (Wildman–Crippen LogP) is 0.771. The molecule has 2 bridgehead atoms. The van der Waals surface area contributed by atoms with Crippen LogP contribution in [-0.2, 0) is 11.3 Å². The summed E-state index contributed by atoms with van der Waals surface area (Å²) in [7, 11) is 1.72. The van der Waals surface area contributed by atoms with Gasteiger partial charge in [0.25, 0.3) is 0 Å². The van der Waals surface area contributed by atoms with Gasteiger partial charge >= 0.3 is 0 Å². The van der Waals surface area contributed by atoms with E-state index in [0.717, 1.165) is 25.4 Å². The molecule has 4 saturated heterocycles. The van der Waals surface area contributed by atoms with Gasteiger partial charge in [-0.2, -0.15) is 4.80 Å². The topological polar surface area (TPSA) is 76.4 Å². The summed E-state index contributed by atoms with van der Waals surface area (Å²) in [6, 6.07) is 8.86. The second-order valence-electron chi connectivity index (χ2n) is 7.72. The quantitative estimate of drug-likeness (QED) is 0.793. The molecule has 6 rings (SSSR count). The Labute approximate surface area is 158 Å². The monoisotopic (exact) mass is 368 g/mol. The number of piperidine rings is 3. The summed E-state index contributed by atoms with van der Waals surface area (Å²) in [6.07, 6.45) is 3.71. The first-order valence-electron chi connectivity index (χ1n) is 9.63. The Morgan fingerprint density at radius 2 is 2.04 bits per heavy atom. The van der Waals surface area contributed by atoms with Crippen molar-refractivity contribution in [2.45, 2.75) is 37.4 Å². The van der Waals surface area contributed by atoms with Crippen LogP contribution >= 0.6 is 0 Å². The third-order valence-electron chi connectivity index (χ3n) is 6.52. The molecule has 142 valence electrons. The third kappa shape index (κ3) is 2.70. The van der Waals surface area contributed by atoms with Crippen LogP contribution in [0.25, 0.3) is 0 Å². The minimum absolute atomic E-state index is 0.0779. The lowest BCUT2D eigenvalue weighted by Crippen LogP contribution is -2.61. The van der Waals surface area contributed by atoms with Crippen molar-refractivity contribution in [2.24, 2.45) is 5.92 Å². The molecule has 0 radical (unpaired) electrons. The molecule has 2 aromatic rings. The zero-order valence-electron chi connectivity index (χ0n) is 15.4. The standard InChI is InChI=1S/C19H24N6O2/c1-27-16-5-3-2-4-14(16)15-10-24(17(26)11-25-21-12-20-22-25)18-13-6-8-23(9-7-13)19(15)18/h2-5,12-13,15,18-19H,6-11H2,1H3/t15-,18-,19-/m1/s1. The molecule has 1 amide bonds. The number of ether oxygens (including phenoxy) is 1. The van der Waals surface area contributed by atoms with Gasteiger partial charge in [0.05, 0.1) is 13.2 Å². The minimum atomic E-state index is 0.0779. The Balaban J connectivity index is 1.49. The highest BCUT2D eigenvalue weighted by molar-refractivity contribution is 5.77. The number of carbonyl (C=O) groups is 1. The lowest BCUT2D eigenvalue weighted by molar-refractivity contribution is -0.137. The van der Waals surface area contributed by atoms with Crippen molar-refractivity contribution in [3.05, 3.63) is 36.2 Å². The number of fused-ring (bicyclic) bond motifs is 2. The smallest absolute Gasteiger partial charge is 0.246 e. The van der Waals surface area contributed by atoms with Crippen LogP contribution in [0.2, 0.25) is 0 Å². The van der Waals surface area contributed by atoms with Crippen LogP contribution in [-0.4, -0.2) is 74.7 Å². The fourth-order valence-electron chi connectivity index (χ4n) is 5.42. The fourth-order valence-corrected chi connectivity index (χ4v) is 5.42. The number of hydrogen-bond donors (Lipinski definition) is 0. The van der Waals surface area contributed by atoms with E-state index in [0.29, 0.717) is 12.0 Å². The van der Waals surface area contributed by atoms with E-state index in [1.807, 2.05) is 12.1 Å². The maximum absolute atomic E-state index is 13.1. The van der Waals surface area contributed by atoms with Crippen LogP contribution in [0, 0.1) is 5.92 Å². The molecule has 0 spiro atoms. The van der Waals surface area contributed by atoms with E-state index in [4.69, 9.17) is 4.74 Å². The molecule has 27 heavy (non-hydrogen) atoms. The van der Waals surface area contributed by atoms with Crippen LogP contribution in [0.15, 0.2) is 30.6 Å². The van der Waals surface area contributed by atoms with E-state index in [9.17, 15) is 4.79 Å². The SMILES string of the molecule is COc1ccccc1[C@H]1CN(C(=O)Cn2ncnn2)[C@@H]2C3CCN(CC3)[C@H]12. The van der Waals surface area contributed by atoms with E-state index in [1.165, 1.54) is 29.5 Å². The van der Waals surface area contributed by atoms with E-state index in [-0.39, 0.29) is 24.4 Å². The van der Waals surface area contributed by atoms with E-state index >= 15 is 0 Å². The van der Waals surface area contributed by atoms with Gasteiger partial charge in [0.2, 0.25) is 5.91 Å². The average molecular weight is 368 g/mol. The zero-order chi connectivity index (χ0) is 18.4. The fraction of sp³-hybridized carbons (Fsp3) is 0.579. The molecular formula is C19H24N6O2. The highest BCUT2D eigenvalue weighted by Gasteiger charge is 2.55. The largest absolute Gasteiger partial charge is 0.496 e. The molecule has 3 atom stereocenters. The molecule has 0 N–H and O–H groups in total. The van der Waals surface area contributed by atoms with Gasteiger partial charge in [0.15, 0.2) is 6.33 Å². The Morgan fingerprint density at radius 3 is 2.78 bits per heavy atom. The molecule has 8 heteroatoms. The molecule has 1 aromatic carbocycles. The lowest BCUT2D eigenvalue weighted by atomic mass is 9.75. The molecule has 4 aliphatic rings. The maximum Gasteiger partial charge on any atom is 0.246 e. The molecule has 4 aliphatic heterocycles. The van der Waals surface area contributed by atoms with Crippen LogP contribution in [0.1, 0.15) is 24.3 Å². The number of rotatable bonds is 4. The Morgan fingerprint density at radius 1 is 1.22 bits per heavy atom. The number of methoxy groups -OCH3 is 1. The Bertz CT molecular complexity index is 817. The third-order valence-corrected chi connectivity index (χ3v) is 6.52. The molecule has 0 saturated carbocycles. The van der Waals surface area contributed by atoms with E-state index in [2.05, 4.69) is 37.3 Å². The summed E-state index contributed by atoms with van der Waals surface area (Å²) in [5, 5.41) is 11.6. The first kappa shape index (κ1) is 16.7. The van der Waals surface area contributed by atoms with Crippen molar-refractivity contribution in [1.82, 2.24) is 30.0 Å². The number of para-hydroxylation sites is 1. The molecule has 4 fully saturated rings. The summed E-state index contributed by atoms with van der Waals surface area (Å²) in [5.74, 6) is 1.83. The van der Waals surface area contributed by atoms with Gasteiger partial charge in [-0.15, -0.1) is 10.2 Å². The molecular weight excluding hydrogens is 344 g/mol. The van der Waals surface area contributed by atoms with Crippen molar-refractivity contribution >= 4 is 5.91 Å². The number of tetrazole rings is 1. The number of likely N-dealkylation sites (tertiary alicyclic amines) is 1. The van der Waals surface area contributed by atoms with Crippen molar-refractivity contribution in [3.8, 4) is 5.75 Å². The van der Waals surface area contributed by atoms with E-state index < -0.39 is 0 Å². The first-order valence-corrected chi connectivity index (χ1v) is 9.63. The highest BCUT2D eigenvalue weighted by atomic mass is 16.5. The summed E-state index contributed by atoms with van der Waals surface area (Å²) in [5.41, 5.74) is 1.21. The number of amides is 1. The van der Waals surface area contributed by atoms with Gasteiger partial charge in [-0.1, -0.05) is 18.2 Å². The van der Waals surface area contributed by atoms with Crippen molar-refractivity contribution in [1.29, 1.82) is 0 Å². The Kier molecular flexibility index (Phi) is 4.07. The first-order chi connectivity index (χ1) is 13.3. The van der Waals surface area contributed by atoms with Gasteiger partial charge in [0, 0.05) is 24.1 Å². The summed E-state index contributed by atoms with van der Waals surface area (Å²) < 4.78 is 5.64. The van der Waals surface area contributed by atoms with E-state index in [1.54, 1.807) is 7.11 Å². The van der Waals surface area contributed by atoms with Gasteiger partial charge in [0.1, 0.15) is 12.3 Å². The van der Waals surface area contributed by atoms with Gasteiger partial charge in [-0.05, 0) is 43.1 Å². The maximum atomic E-state index is 13.1. The summed E-state index contributed by atoms with van der Waals surface area (Å²) in [4.78, 5) is 19.2. The number of hydrogen-bond acceptors (Lipinski definition) is 6. The second-order valence-corrected chi connectivity index (χ2v) is 7.72. The Hall–Kier alpha value is -2.48. The minimum Gasteiger partial charge on any atom is -0.496 e. The second kappa shape index (κ2) is 6.60. The normalized spacial score (nSPS) is 31.7. The molecule has 0 unspecified atom stereocenters. The number of carbonyl (C=O) groups excluding carboxylic acids is 1. The molecule has 8 nitrogen and oxygen atoms in total. The van der Waals surface area contributed by atoms with Gasteiger partial charge in [-0.3, -0.25) is 9.69 Å². The van der Waals surface area contributed by atoms with Crippen LogP contribution in [0.3, 0.4) is 0 Å². The van der Waals surface area contributed by atoms with Crippen molar-refractivity contribution in [2.75, 3.05) is 26.7 Å². The highest BCUT2D eigenvalue weighted by Crippen LogP contribution is 2.48. The summed E-state index contributed by atoms with van der Waals surface area (Å²) in [6.45, 7) is 3.12. The number of aromatic nitrogens is 4. The van der Waals surface area contributed by atoms with Crippen LogP contribution in [0.5, 0.6) is 5.75 Å². The molecule has 0 aliphatic carbocycles. The van der Waals surface area contributed by atoms with Crippen molar-refractivity contribution in [3.63, 3.8) is 0 Å². The number of nitrogens with zero attached hydrogens (tertiary/aromatic N) is 6. The number of benzene rings is 1. The van der Waals surface area contributed by atoms with Crippen LogP contribution < -0.4 is 4.74 Å². The predicted molar refractivity (Wildman–Crippen MR) is 97.1 cm³/mol. The van der Waals surface area contributed by atoms with Crippen LogP contribution in [0.4, 0.5) is 0 Å².